The summed E-state index contributed by atoms with van der Waals surface area (Å²) in [5.41, 5.74) is 5.92. The van der Waals surface area contributed by atoms with Gasteiger partial charge in [-0.3, -0.25) is 19.3 Å². The number of para-hydroxylation sites is 1. The summed E-state index contributed by atoms with van der Waals surface area (Å²) in [4.78, 5) is 49.5. The second-order valence-corrected chi connectivity index (χ2v) is 10.3. The Balaban J connectivity index is 1.39. The smallest absolute Gasteiger partial charge is 0.352 e. The molecule has 0 bridgehead atoms. The van der Waals surface area contributed by atoms with Gasteiger partial charge in [-0.1, -0.05) is 30.0 Å². The number of β-lactam (4-membered cyclic amide) rings is 1. The molecule has 0 aliphatic carbocycles. The predicted octanol–water partition coefficient (Wildman–Crippen LogP) is -0.404. The summed E-state index contributed by atoms with van der Waals surface area (Å²) < 4.78 is 6.82. The van der Waals surface area contributed by atoms with Crippen LogP contribution in [0.3, 0.4) is 0 Å². The molecule has 2 atom stereocenters. The number of benzene rings is 1. The molecule has 2 aliphatic heterocycles. The van der Waals surface area contributed by atoms with Crippen molar-refractivity contribution >= 4 is 47.2 Å². The number of nitrogens with zero attached hydrogens (tertiary/aromatic N) is 4. The zero-order valence-electron chi connectivity index (χ0n) is 19.6. The maximum atomic E-state index is 12.9. The number of aromatic nitrogens is 3. The van der Waals surface area contributed by atoms with E-state index in [1.165, 1.54) is 34.5 Å². The standard InChI is InChI=1S/C22H24N6O7S2/c1-27-15(8-35-7-14(23)30)25-26-22(27)37-10-12-9-36-20-17(19(32)28(20)18(12)21(33)34)24-16(31)6-11-4-2-3-5-13(11)29/h2-5,17,20,29H,6-10H2,1H3,(H2,23,30)(H,24,31)(H,33,34)/t17?,20-/m1/s1. The minimum Gasteiger partial charge on any atom is -0.508 e. The minimum atomic E-state index is -1.23. The van der Waals surface area contributed by atoms with Crippen molar-refractivity contribution in [3.63, 3.8) is 0 Å². The number of amides is 3. The molecule has 37 heavy (non-hydrogen) atoms. The van der Waals surface area contributed by atoms with Crippen LogP contribution in [0.4, 0.5) is 0 Å². The van der Waals surface area contributed by atoms with Crippen molar-refractivity contribution in [1.29, 1.82) is 0 Å². The van der Waals surface area contributed by atoms with Gasteiger partial charge in [-0.15, -0.1) is 22.0 Å². The Hall–Kier alpha value is -3.56. The fourth-order valence-electron chi connectivity index (χ4n) is 3.84. The molecule has 2 aromatic rings. The van der Waals surface area contributed by atoms with Crippen LogP contribution >= 0.6 is 23.5 Å². The Bertz CT molecular complexity index is 1280. The number of aromatic hydroxyl groups is 1. The van der Waals surface area contributed by atoms with Gasteiger partial charge in [-0.2, -0.15) is 0 Å². The van der Waals surface area contributed by atoms with E-state index in [-0.39, 0.29) is 36.8 Å². The van der Waals surface area contributed by atoms with Gasteiger partial charge in [0.05, 0.1) is 6.42 Å². The molecule has 1 aromatic carbocycles. The monoisotopic (exact) mass is 548 g/mol. The molecule has 3 amide bonds. The lowest BCUT2D eigenvalue weighted by Gasteiger charge is -2.49. The number of nitrogens with two attached hydrogens (primary N) is 1. The van der Waals surface area contributed by atoms with E-state index < -0.39 is 35.1 Å². The third-order valence-electron chi connectivity index (χ3n) is 5.68. The number of rotatable bonds is 11. The summed E-state index contributed by atoms with van der Waals surface area (Å²) in [6.45, 7) is -0.213. The van der Waals surface area contributed by atoms with Crippen LogP contribution in [0.25, 0.3) is 0 Å². The summed E-state index contributed by atoms with van der Waals surface area (Å²) >= 11 is 2.62. The first kappa shape index (κ1) is 26.5. The van der Waals surface area contributed by atoms with Gasteiger partial charge in [0.25, 0.3) is 5.91 Å². The number of hydrogen-bond donors (Lipinski definition) is 4. The van der Waals surface area contributed by atoms with Gasteiger partial charge in [-0.25, -0.2) is 4.79 Å². The van der Waals surface area contributed by atoms with Crippen LogP contribution in [0.1, 0.15) is 11.4 Å². The van der Waals surface area contributed by atoms with Crippen LogP contribution in [0.5, 0.6) is 5.75 Å². The number of ether oxygens (including phenoxy) is 1. The average Bonchev–Trinajstić information content (AvgIpc) is 3.20. The van der Waals surface area contributed by atoms with Crippen molar-refractivity contribution in [2.45, 2.75) is 29.6 Å². The van der Waals surface area contributed by atoms with E-state index in [0.29, 0.717) is 27.9 Å². The molecule has 13 nitrogen and oxygen atoms in total. The van der Waals surface area contributed by atoms with E-state index in [2.05, 4.69) is 15.5 Å². The molecule has 15 heteroatoms. The second-order valence-electron chi connectivity index (χ2n) is 8.22. The van der Waals surface area contributed by atoms with E-state index in [1.54, 1.807) is 29.8 Å². The molecule has 0 radical (unpaired) electrons. The molecule has 1 aromatic heterocycles. The van der Waals surface area contributed by atoms with Gasteiger partial charge in [0.2, 0.25) is 11.8 Å². The van der Waals surface area contributed by atoms with Crippen molar-refractivity contribution in [3.05, 3.63) is 46.9 Å². The number of primary amides is 1. The number of fused-ring (bicyclic) bond motifs is 1. The number of nitrogens with one attached hydrogen (secondary N) is 1. The maximum Gasteiger partial charge on any atom is 0.352 e. The van der Waals surface area contributed by atoms with E-state index in [0.717, 1.165) is 0 Å². The Kier molecular flexibility index (Phi) is 8.04. The number of carbonyl (C=O) groups excluding carboxylic acids is 3. The zero-order valence-corrected chi connectivity index (χ0v) is 21.3. The molecular weight excluding hydrogens is 524 g/mol. The van der Waals surface area contributed by atoms with Crippen molar-refractivity contribution in [1.82, 2.24) is 25.0 Å². The predicted molar refractivity (Wildman–Crippen MR) is 132 cm³/mol. The third kappa shape index (κ3) is 5.73. The van der Waals surface area contributed by atoms with Crippen LogP contribution in [0.15, 0.2) is 40.7 Å². The quantitative estimate of drug-likeness (QED) is 0.211. The number of carbonyl (C=O) groups is 4. The van der Waals surface area contributed by atoms with Crippen molar-refractivity contribution in [2.75, 3.05) is 18.1 Å². The minimum absolute atomic E-state index is 0.0160. The largest absolute Gasteiger partial charge is 0.508 e. The Morgan fingerprint density at radius 1 is 1.30 bits per heavy atom. The van der Waals surface area contributed by atoms with Crippen LogP contribution in [0.2, 0.25) is 0 Å². The van der Waals surface area contributed by atoms with Gasteiger partial charge >= 0.3 is 5.97 Å². The zero-order chi connectivity index (χ0) is 26.7. The van der Waals surface area contributed by atoms with Crippen LogP contribution < -0.4 is 11.1 Å². The summed E-state index contributed by atoms with van der Waals surface area (Å²) in [5.74, 6) is -1.73. The third-order valence-corrected chi connectivity index (χ3v) is 8.13. The summed E-state index contributed by atoms with van der Waals surface area (Å²) in [7, 11) is 1.71. The van der Waals surface area contributed by atoms with Crippen molar-refractivity contribution in [2.24, 2.45) is 12.8 Å². The van der Waals surface area contributed by atoms with Gasteiger partial charge in [0.15, 0.2) is 11.0 Å². The number of hydrogen-bond acceptors (Lipinski definition) is 10. The second kappa shape index (κ2) is 11.2. The first-order valence-corrected chi connectivity index (χ1v) is 13.0. The number of thioether (sulfide) groups is 2. The highest BCUT2D eigenvalue weighted by Crippen LogP contribution is 2.41. The first-order chi connectivity index (χ1) is 17.7. The van der Waals surface area contributed by atoms with Gasteiger partial charge < -0.3 is 30.6 Å². The van der Waals surface area contributed by atoms with E-state index in [1.807, 2.05) is 0 Å². The fraction of sp³-hybridized carbons (Fsp3) is 0.364. The lowest BCUT2D eigenvalue weighted by atomic mass is 10.0. The maximum absolute atomic E-state index is 12.9. The average molecular weight is 549 g/mol. The highest BCUT2D eigenvalue weighted by molar-refractivity contribution is 8.01. The number of phenolic OH excluding ortho intramolecular Hbond substituents is 1. The van der Waals surface area contributed by atoms with Crippen LogP contribution in [-0.2, 0) is 44.0 Å². The Morgan fingerprint density at radius 2 is 2.05 bits per heavy atom. The normalized spacial score (nSPS) is 18.8. The molecule has 1 unspecified atom stereocenters. The molecule has 0 spiro atoms. The topological polar surface area (TPSA) is 190 Å². The first-order valence-electron chi connectivity index (χ1n) is 11.0. The molecule has 1 fully saturated rings. The SMILES string of the molecule is Cn1c(COCC(N)=O)nnc1SCC1=C(C(=O)O)N2C(=O)C(NC(=O)Cc3ccccc3O)[C@H]2SC1. The summed E-state index contributed by atoms with van der Waals surface area (Å²) in [6, 6.07) is 5.57. The Morgan fingerprint density at radius 3 is 2.76 bits per heavy atom. The van der Waals surface area contributed by atoms with Gasteiger partial charge in [0.1, 0.15) is 36.1 Å². The molecular formula is C22H24N6O7S2. The number of carboxylic acid groups (broad SMARTS) is 1. The molecule has 2 aliphatic rings. The highest BCUT2D eigenvalue weighted by atomic mass is 32.2. The van der Waals surface area contributed by atoms with Crippen molar-refractivity contribution < 1.29 is 34.1 Å². The van der Waals surface area contributed by atoms with E-state index >= 15 is 0 Å². The van der Waals surface area contributed by atoms with Gasteiger partial charge in [-0.05, 0) is 11.6 Å². The lowest BCUT2D eigenvalue weighted by Crippen LogP contribution is -2.70. The van der Waals surface area contributed by atoms with E-state index in [4.69, 9.17) is 10.5 Å². The summed E-state index contributed by atoms with van der Waals surface area (Å²) in [5, 5.41) is 30.5. The molecule has 4 rings (SSSR count). The highest BCUT2D eigenvalue weighted by Gasteiger charge is 2.54. The molecule has 0 saturated carbocycles. The van der Waals surface area contributed by atoms with E-state index in [9.17, 15) is 29.4 Å². The Labute approximate surface area is 219 Å². The number of aliphatic carboxylic acids is 1. The fourth-order valence-corrected chi connectivity index (χ4v) is 6.26. The molecule has 1 saturated heterocycles. The number of carboxylic acids is 1. The summed E-state index contributed by atoms with van der Waals surface area (Å²) in [6.07, 6.45) is -0.107. The van der Waals surface area contributed by atoms with Crippen LogP contribution in [-0.4, -0.2) is 83.1 Å². The van der Waals surface area contributed by atoms with Gasteiger partial charge in [0, 0.05) is 24.1 Å². The van der Waals surface area contributed by atoms with Crippen LogP contribution in [0, 0.1) is 0 Å². The molecule has 196 valence electrons. The number of phenols is 1. The molecule has 3 heterocycles. The van der Waals surface area contributed by atoms with Crippen molar-refractivity contribution in [3.8, 4) is 5.75 Å². The molecule has 5 N–H and O–H groups in total. The lowest BCUT2D eigenvalue weighted by molar-refractivity contribution is -0.150.